The summed E-state index contributed by atoms with van der Waals surface area (Å²) in [5.74, 6) is 0.846. The van der Waals surface area contributed by atoms with E-state index in [9.17, 15) is 5.11 Å². The minimum absolute atomic E-state index is 0. The lowest BCUT2D eigenvalue weighted by Gasteiger charge is -2.42. The number of nitrogens with zero attached hydrogens (tertiary/aromatic N) is 1. The molecule has 0 radical (unpaired) electrons. The van der Waals surface area contributed by atoms with Crippen molar-refractivity contribution >= 4 is 18.1 Å². The number of anilines is 1. The Labute approximate surface area is 162 Å². The molecule has 0 saturated carbocycles. The van der Waals surface area contributed by atoms with Gasteiger partial charge in [0.15, 0.2) is 0 Å². The first-order valence-electron chi connectivity index (χ1n) is 8.84. The fourth-order valence-electron chi connectivity index (χ4n) is 3.30. The fourth-order valence-corrected chi connectivity index (χ4v) is 3.30. The van der Waals surface area contributed by atoms with E-state index < -0.39 is 11.7 Å². The van der Waals surface area contributed by atoms with Crippen molar-refractivity contribution in [1.82, 2.24) is 5.32 Å². The number of hydrogen-bond acceptors (Lipinski definition) is 4. The van der Waals surface area contributed by atoms with Gasteiger partial charge in [-0.05, 0) is 38.4 Å². The van der Waals surface area contributed by atoms with Crippen molar-refractivity contribution in [2.24, 2.45) is 0 Å². The van der Waals surface area contributed by atoms with Crippen molar-refractivity contribution in [3.8, 4) is 5.75 Å². The molecule has 0 bridgehead atoms. The van der Waals surface area contributed by atoms with Gasteiger partial charge in [0.2, 0.25) is 0 Å². The van der Waals surface area contributed by atoms with Crippen LogP contribution >= 0.6 is 12.4 Å². The second kappa shape index (κ2) is 8.30. The van der Waals surface area contributed by atoms with E-state index in [1.807, 2.05) is 34.0 Å². The number of nitrogens with one attached hydrogen (secondary N) is 1. The predicted octanol–water partition coefficient (Wildman–Crippen LogP) is 3.58. The zero-order valence-electron chi connectivity index (χ0n) is 15.9. The van der Waals surface area contributed by atoms with Gasteiger partial charge in [-0.2, -0.15) is 0 Å². The summed E-state index contributed by atoms with van der Waals surface area (Å²) in [5.41, 5.74) is 2.76. The van der Waals surface area contributed by atoms with Gasteiger partial charge < -0.3 is 20.1 Å². The van der Waals surface area contributed by atoms with Crippen molar-refractivity contribution < 1.29 is 9.84 Å². The molecule has 0 unspecified atom stereocenters. The van der Waals surface area contributed by atoms with Crippen LogP contribution in [0.25, 0.3) is 0 Å². The first kappa shape index (κ1) is 20.6. The first-order chi connectivity index (χ1) is 11.9. The van der Waals surface area contributed by atoms with E-state index in [2.05, 4.69) is 52.7 Å². The van der Waals surface area contributed by atoms with Gasteiger partial charge in [0.1, 0.15) is 17.5 Å². The summed E-state index contributed by atoms with van der Waals surface area (Å²) in [4.78, 5) is 2.06. The molecule has 0 aliphatic carbocycles. The lowest BCUT2D eigenvalue weighted by Crippen LogP contribution is -2.52. The molecule has 142 valence electrons. The van der Waals surface area contributed by atoms with Crippen molar-refractivity contribution in [1.29, 1.82) is 0 Å². The third kappa shape index (κ3) is 4.32. The lowest BCUT2D eigenvalue weighted by molar-refractivity contribution is -0.0643. The highest BCUT2D eigenvalue weighted by Crippen LogP contribution is 2.41. The topological polar surface area (TPSA) is 44.7 Å². The van der Waals surface area contributed by atoms with Crippen LogP contribution in [0.3, 0.4) is 0 Å². The van der Waals surface area contributed by atoms with Crippen LogP contribution in [0.15, 0.2) is 48.5 Å². The Balaban J connectivity index is 0.00000243. The quantitative estimate of drug-likeness (QED) is 0.837. The van der Waals surface area contributed by atoms with Gasteiger partial charge in [0.25, 0.3) is 0 Å². The van der Waals surface area contributed by atoms with E-state index in [0.29, 0.717) is 0 Å². The highest BCUT2D eigenvalue weighted by Gasteiger charge is 2.42. The molecule has 2 aromatic carbocycles. The molecule has 0 fully saturated rings. The minimum Gasteiger partial charge on any atom is -0.485 e. The second-order valence-electron chi connectivity index (χ2n) is 7.43. The van der Waals surface area contributed by atoms with Crippen LogP contribution in [0.4, 0.5) is 5.69 Å². The van der Waals surface area contributed by atoms with E-state index in [4.69, 9.17) is 4.74 Å². The highest BCUT2D eigenvalue weighted by molar-refractivity contribution is 5.85. The van der Waals surface area contributed by atoms with Gasteiger partial charge in [0.05, 0.1) is 6.04 Å². The van der Waals surface area contributed by atoms with Crippen LogP contribution in [0.5, 0.6) is 5.75 Å². The third-order valence-corrected chi connectivity index (χ3v) is 4.87. The summed E-state index contributed by atoms with van der Waals surface area (Å²) in [5, 5.41) is 14.4. The number of fused-ring (bicyclic) bond motifs is 1. The molecule has 2 aromatic rings. The largest absolute Gasteiger partial charge is 0.485 e. The summed E-state index contributed by atoms with van der Waals surface area (Å²) in [7, 11) is 4.03. The van der Waals surface area contributed by atoms with Gasteiger partial charge in [0, 0.05) is 31.4 Å². The van der Waals surface area contributed by atoms with E-state index in [0.717, 1.165) is 30.0 Å². The Hall–Kier alpha value is -1.75. The summed E-state index contributed by atoms with van der Waals surface area (Å²) in [6, 6.07) is 16.4. The Morgan fingerprint density at radius 2 is 1.81 bits per heavy atom. The van der Waals surface area contributed by atoms with Crippen LogP contribution in [-0.2, 0) is 6.42 Å². The van der Waals surface area contributed by atoms with Crippen molar-refractivity contribution in [2.75, 3.05) is 25.5 Å². The third-order valence-electron chi connectivity index (χ3n) is 4.87. The Kier molecular flexibility index (Phi) is 6.56. The zero-order valence-corrected chi connectivity index (χ0v) is 16.7. The average Bonchev–Trinajstić information content (AvgIpc) is 2.58. The average molecular weight is 377 g/mol. The molecular formula is C21H29ClN2O2. The predicted molar refractivity (Wildman–Crippen MR) is 110 cm³/mol. The number of benzene rings is 2. The Morgan fingerprint density at radius 3 is 2.46 bits per heavy atom. The van der Waals surface area contributed by atoms with Crippen molar-refractivity contribution in [2.45, 2.75) is 38.0 Å². The highest BCUT2D eigenvalue weighted by atomic mass is 35.5. The molecule has 2 atom stereocenters. The molecule has 0 aromatic heterocycles. The Morgan fingerprint density at radius 1 is 1.12 bits per heavy atom. The monoisotopic (exact) mass is 376 g/mol. The number of hydrogen-bond donors (Lipinski definition) is 2. The van der Waals surface area contributed by atoms with E-state index in [1.165, 1.54) is 5.56 Å². The molecule has 0 saturated heterocycles. The van der Waals surface area contributed by atoms with Gasteiger partial charge in [-0.25, -0.2) is 0 Å². The smallest absolute Gasteiger partial charge is 0.131 e. The number of aliphatic hydroxyl groups excluding tert-OH is 1. The number of halogens is 1. The first-order valence-corrected chi connectivity index (χ1v) is 8.84. The molecule has 3 rings (SSSR count). The van der Waals surface area contributed by atoms with Crippen LogP contribution in [0.2, 0.25) is 0 Å². The molecule has 26 heavy (non-hydrogen) atoms. The molecule has 5 heteroatoms. The summed E-state index contributed by atoms with van der Waals surface area (Å²) in [6.45, 7) is 4.68. The van der Waals surface area contributed by atoms with E-state index in [1.54, 1.807) is 0 Å². The van der Waals surface area contributed by atoms with Crippen molar-refractivity contribution in [3.63, 3.8) is 0 Å². The van der Waals surface area contributed by atoms with E-state index in [-0.39, 0.29) is 18.4 Å². The van der Waals surface area contributed by atoms with Crippen LogP contribution in [-0.4, -0.2) is 37.5 Å². The molecule has 1 aliphatic rings. The molecule has 2 N–H and O–H groups in total. The molecule has 1 aliphatic heterocycles. The lowest BCUT2D eigenvalue weighted by atomic mass is 9.86. The van der Waals surface area contributed by atoms with Crippen LogP contribution in [0, 0.1) is 0 Å². The SMILES string of the molecule is CN(C)c1ccc2c(c1)OC(C)(C)[C@H](O)[C@H]2NCCc1ccccc1.Cl. The second-order valence-corrected chi connectivity index (χ2v) is 7.43. The van der Waals surface area contributed by atoms with Gasteiger partial charge in [-0.3, -0.25) is 0 Å². The maximum atomic E-state index is 10.8. The molecule has 0 amide bonds. The van der Waals surface area contributed by atoms with Crippen LogP contribution < -0.4 is 15.0 Å². The van der Waals surface area contributed by atoms with E-state index >= 15 is 0 Å². The maximum absolute atomic E-state index is 10.8. The summed E-state index contributed by atoms with van der Waals surface area (Å²) in [6.07, 6.45) is 0.317. The fraction of sp³-hybridized carbons (Fsp3) is 0.429. The zero-order chi connectivity index (χ0) is 18.0. The van der Waals surface area contributed by atoms with Gasteiger partial charge in [-0.15, -0.1) is 12.4 Å². The molecular weight excluding hydrogens is 348 g/mol. The van der Waals surface area contributed by atoms with Gasteiger partial charge in [-0.1, -0.05) is 36.4 Å². The molecule has 1 heterocycles. The molecule has 4 nitrogen and oxygen atoms in total. The van der Waals surface area contributed by atoms with Gasteiger partial charge >= 0.3 is 0 Å². The van der Waals surface area contributed by atoms with Crippen molar-refractivity contribution in [3.05, 3.63) is 59.7 Å². The summed E-state index contributed by atoms with van der Waals surface area (Å²) < 4.78 is 6.10. The minimum atomic E-state index is -0.637. The maximum Gasteiger partial charge on any atom is 0.131 e. The molecule has 0 spiro atoms. The number of aliphatic hydroxyl groups is 1. The number of ether oxygens (including phenoxy) is 1. The normalized spacial score (nSPS) is 20.5. The standard InChI is InChI=1S/C21H28N2O2.ClH/c1-21(2)20(24)19(22-13-12-15-8-6-5-7-9-15)17-11-10-16(23(3)4)14-18(17)25-21;/h5-11,14,19-20,22,24H,12-13H2,1-4H3;1H/t19-,20+;/m0./s1. The summed E-state index contributed by atoms with van der Waals surface area (Å²) >= 11 is 0. The Bertz CT molecular complexity index is 719. The van der Waals surface area contributed by atoms with Crippen LogP contribution in [0.1, 0.15) is 31.0 Å². The number of rotatable bonds is 5.